The second-order valence-electron chi connectivity index (χ2n) is 2.06. The van der Waals surface area contributed by atoms with Crippen molar-refractivity contribution in [2.45, 2.75) is 0 Å². The van der Waals surface area contributed by atoms with Gasteiger partial charge in [0, 0.05) is 0 Å². The quantitative estimate of drug-likeness (QED) is 0.581. The molecule has 0 aromatic carbocycles. The van der Waals surface area contributed by atoms with Crippen LogP contribution in [0.4, 0.5) is 0 Å². The molecule has 1 aliphatic rings. The van der Waals surface area contributed by atoms with E-state index >= 15 is 0 Å². The van der Waals surface area contributed by atoms with Gasteiger partial charge >= 0.3 is 5.97 Å². The average Bonchev–Trinajstić information content (AvgIpc) is 2.18. The zero-order valence-corrected chi connectivity index (χ0v) is 5.74. The molecule has 0 bridgehead atoms. The number of carbonyl (C=O) groups excluding carboxylic acids is 1. The Labute approximate surface area is 62.9 Å². The maximum Gasteiger partial charge on any atom is 0.323 e. The molecule has 1 heterocycles. The van der Waals surface area contributed by atoms with Gasteiger partial charge in [-0.05, 0) is 6.58 Å². The van der Waals surface area contributed by atoms with Crippen molar-refractivity contribution >= 4 is 11.9 Å². The minimum Gasteiger partial charge on any atom is -0.480 e. The number of hydrogen-bond donors (Lipinski definition) is 1. The number of ether oxygens (including phenoxy) is 1. The highest BCUT2D eigenvalue weighted by molar-refractivity contribution is 5.85. The van der Waals surface area contributed by atoms with Gasteiger partial charge in [0.2, 0.25) is 0 Å². The first-order valence-corrected chi connectivity index (χ1v) is 2.95. The number of aliphatic carboxylic acids is 1. The molecular weight excluding hydrogens is 150 g/mol. The lowest BCUT2D eigenvalue weighted by Gasteiger charge is -2.09. The van der Waals surface area contributed by atoms with E-state index in [9.17, 15) is 9.59 Å². The zero-order valence-electron chi connectivity index (χ0n) is 5.74. The van der Waals surface area contributed by atoms with Crippen LogP contribution in [0.5, 0.6) is 0 Å². The van der Waals surface area contributed by atoms with Crippen LogP contribution in [-0.2, 0) is 14.3 Å². The van der Waals surface area contributed by atoms with Gasteiger partial charge in [0.1, 0.15) is 6.54 Å². The van der Waals surface area contributed by atoms with E-state index in [4.69, 9.17) is 9.84 Å². The lowest BCUT2D eigenvalue weighted by atomic mass is 10.5. The van der Waals surface area contributed by atoms with Gasteiger partial charge in [-0.1, -0.05) is 0 Å². The predicted octanol–water partition coefficient (Wildman–Crippen LogP) is -0.599. The van der Waals surface area contributed by atoms with Crippen molar-refractivity contribution in [3.8, 4) is 0 Å². The number of amides is 1. The summed E-state index contributed by atoms with van der Waals surface area (Å²) in [5.74, 6) is -1.33. The van der Waals surface area contributed by atoms with E-state index in [0.717, 1.165) is 4.90 Å². The summed E-state index contributed by atoms with van der Waals surface area (Å²) in [6.45, 7) is 2.88. The topological polar surface area (TPSA) is 66.8 Å². The molecule has 1 fully saturated rings. The molecule has 0 radical (unpaired) electrons. The summed E-state index contributed by atoms with van der Waals surface area (Å²) in [7, 11) is 0. The summed E-state index contributed by atoms with van der Waals surface area (Å²) in [5.41, 5.74) is 0. The monoisotopic (exact) mass is 157 g/mol. The van der Waals surface area contributed by atoms with Crippen LogP contribution in [0.15, 0.2) is 12.5 Å². The molecule has 0 aromatic heterocycles. The lowest BCUT2D eigenvalue weighted by molar-refractivity contribution is -0.141. The Balaban J connectivity index is 2.62. The van der Waals surface area contributed by atoms with Crippen molar-refractivity contribution in [3.05, 3.63) is 12.5 Å². The highest BCUT2D eigenvalue weighted by Gasteiger charge is 2.27. The summed E-state index contributed by atoms with van der Waals surface area (Å²) in [4.78, 5) is 21.9. The van der Waals surface area contributed by atoms with E-state index in [2.05, 4.69) is 6.58 Å². The first-order chi connectivity index (χ1) is 5.11. The van der Waals surface area contributed by atoms with Crippen LogP contribution < -0.4 is 0 Å². The molecule has 1 aliphatic heterocycles. The maximum atomic E-state index is 10.8. The van der Waals surface area contributed by atoms with Gasteiger partial charge in [0.05, 0.1) is 0 Å². The van der Waals surface area contributed by atoms with Crippen LogP contribution in [0.25, 0.3) is 0 Å². The molecule has 1 saturated heterocycles. The van der Waals surface area contributed by atoms with Gasteiger partial charge in [-0.15, -0.1) is 0 Å². The molecule has 1 N–H and O–H groups in total. The van der Waals surface area contributed by atoms with Crippen molar-refractivity contribution in [3.63, 3.8) is 0 Å². The Morgan fingerprint density at radius 3 is 2.82 bits per heavy atom. The van der Waals surface area contributed by atoms with Gasteiger partial charge in [-0.3, -0.25) is 14.5 Å². The summed E-state index contributed by atoms with van der Waals surface area (Å²) >= 11 is 0. The predicted molar refractivity (Wildman–Crippen MR) is 34.4 cm³/mol. The Hall–Kier alpha value is -1.52. The molecule has 0 aliphatic carbocycles. The van der Waals surface area contributed by atoms with Crippen molar-refractivity contribution in [1.29, 1.82) is 0 Å². The second kappa shape index (κ2) is 2.61. The van der Waals surface area contributed by atoms with Crippen molar-refractivity contribution in [2.75, 3.05) is 13.2 Å². The van der Waals surface area contributed by atoms with E-state index in [-0.39, 0.29) is 24.9 Å². The van der Waals surface area contributed by atoms with Gasteiger partial charge in [-0.2, -0.15) is 0 Å². The van der Waals surface area contributed by atoms with E-state index in [1.54, 1.807) is 0 Å². The lowest BCUT2D eigenvalue weighted by Crippen LogP contribution is -2.29. The smallest absolute Gasteiger partial charge is 0.323 e. The number of carboxylic acid groups (broad SMARTS) is 1. The molecule has 0 unspecified atom stereocenters. The molecule has 60 valence electrons. The zero-order chi connectivity index (χ0) is 8.43. The van der Waals surface area contributed by atoms with E-state index in [1.807, 2.05) is 0 Å². The third kappa shape index (κ3) is 1.49. The van der Waals surface area contributed by atoms with E-state index in [0.29, 0.717) is 0 Å². The summed E-state index contributed by atoms with van der Waals surface area (Å²) in [5, 5.41) is 8.32. The van der Waals surface area contributed by atoms with Gasteiger partial charge < -0.3 is 9.84 Å². The molecule has 0 saturated carbocycles. The molecule has 0 aromatic rings. The van der Waals surface area contributed by atoms with Crippen molar-refractivity contribution in [2.24, 2.45) is 0 Å². The molecule has 0 atom stereocenters. The fourth-order valence-corrected chi connectivity index (χ4v) is 0.752. The summed E-state index contributed by atoms with van der Waals surface area (Å²) < 4.78 is 4.70. The number of nitrogens with zero attached hydrogens (tertiary/aromatic N) is 1. The SMILES string of the molecule is C=C1OCC(=O)N1CC(=O)O. The Bertz CT molecular complexity index is 207. The molecule has 5 nitrogen and oxygen atoms in total. The Morgan fingerprint density at radius 1 is 1.82 bits per heavy atom. The normalized spacial score (nSPS) is 16.9. The molecule has 1 amide bonds. The summed E-state index contributed by atoms with van der Waals surface area (Å²) in [6, 6.07) is 0. The third-order valence-electron chi connectivity index (χ3n) is 1.26. The van der Waals surface area contributed by atoms with Crippen LogP contribution in [0, 0.1) is 0 Å². The number of carboxylic acids is 1. The average molecular weight is 157 g/mol. The Morgan fingerprint density at radius 2 is 2.45 bits per heavy atom. The fraction of sp³-hybridized carbons (Fsp3) is 0.333. The maximum absolute atomic E-state index is 10.8. The van der Waals surface area contributed by atoms with E-state index < -0.39 is 5.97 Å². The van der Waals surface area contributed by atoms with Crippen LogP contribution in [0.3, 0.4) is 0 Å². The van der Waals surface area contributed by atoms with Gasteiger partial charge in [0.25, 0.3) is 5.91 Å². The largest absolute Gasteiger partial charge is 0.480 e. The minimum absolute atomic E-state index is 0.105. The number of rotatable bonds is 2. The number of hydrogen-bond acceptors (Lipinski definition) is 3. The van der Waals surface area contributed by atoms with Crippen LogP contribution in [0.1, 0.15) is 0 Å². The van der Waals surface area contributed by atoms with E-state index in [1.165, 1.54) is 0 Å². The van der Waals surface area contributed by atoms with Crippen molar-refractivity contribution < 1.29 is 19.4 Å². The first-order valence-electron chi connectivity index (χ1n) is 2.95. The molecule has 0 spiro atoms. The second-order valence-corrected chi connectivity index (χ2v) is 2.06. The molecule has 1 rings (SSSR count). The van der Waals surface area contributed by atoms with Crippen LogP contribution in [-0.4, -0.2) is 35.0 Å². The molecule has 5 heteroatoms. The third-order valence-corrected chi connectivity index (χ3v) is 1.26. The summed E-state index contributed by atoms with van der Waals surface area (Å²) in [6.07, 6.45) is 0. The first kappa shape index (κ1) is 7.59. The minimum atomic E-state index is -1.08. The number of carbonyl (C=O) groups is 2. The van der Waals surface area contributed by atoms with Gasteiger partial charge in [0.15, 0.2) is 12.5 Å². The van der Waals surface area contributed by atoms with Gasteiger partial charge in [-0.25, -0.2) is 0 Å². The molecular formula is C6H7NO4. The highest BCUT2D eigenvalue weighted by Crippen LogP contribution is 2.11. The van der Waals surface area contributed by atoms with Crippen molar-refractivity contribution in [1.82, 2.24) is 4.90 Å². The Kier molecular flexibility index (Phi) is 1.80. The fourth-order valence-electron chi connectivity index (χ4n) is 0.752. The van der Waals surface area contributed by atoms with Crippen LogP contribution in [0.2, 0.25) is 0 Å². The standard InChI is InChI=1S/C6H7NO4/c1-4-7(2-6(9)10)5(8)3-11-4/h1-3H2,(H,9,10). The van der Waals surface area contributed by atoms with Crippen LogP contribution >= 0.6 is 0 Å². The highest BCUT2D eigenvalue weighted by atomic mass is 16.5. The molecule has 11 heavy (non-hydrogen) atoms.